The molecule has 2 unspecified atom stereocenters. The van der Waals surface area contributed by atoms with Crippen LogP contribution in [0.2, 0.25) is 0 Å². The van der Waals surface area contributed by atoms with E-state index in [0.29, 0.717) is 18.6 Å². The molecular weight excluding hydrogens is 301 g/mol. The van der Waals surface area contributed by atoms with E-state index in [2.05, 4.69) is 4.72 Å². The Labute approximate surface area is 122 Å². The lowest BCUT2D eigenvalue weighted by Crippen LogP contribution is -2.38. The molecule has 21 heavy (non-hydrogen) atoms. The molecule has 1 aromatic carbocycles. The molecule has 0 aliphatic carbocycles. The average Bonchev–Trinajstić information content (AvgIpc) is 2.92. The summed E-state index contributed by atoms with van der Waals surface area (Å²) in [6.07, 6.45) is -0.0447. The molecular formula is C13H16FNO5S. The van der Waals surface area contributed by atoms with Crippen molar-refractivity contribution in [3.8, 4) is 0 Å². The Morgan fingerprint density at radius 3 is 2.62 bits per heavy atom. The zero-order valence-electron chi connectivity index (χ0n) is 11.2. The first-order valence-corrected chi connectivity index (χ1v) is 7.99. The summed E-state index contributed by atoms with van der Waals surface area (Å²) in [5.41, 5.74) is 0.404. The topological polar surface area (TPSA) is 92.7 Å². The number of hydrogen-bond acceptors (Lipinski definition) is 4. The zero-order chi connectivity index (χ0) is 15.5. The highest BCUT2D eigenvalue weighted by atomic mass is 32.2. The van der Waals surface area contributed by atoms with Crippen molar-refractivity contribution in [2.75, 3.05) is 13.2 Å². The van der Waals surface area contributed by atoms with Crippen LogP contribution in [0.3, 0.4) is 0 Å². The minimum absolute atomic E-state index is 0.0958. The van der Waals surface area contributed by atoms with Crippen molar-refractivity contribution in [1.82, 2.24) is 4.72 Å². The predicted molar refractivity (Wildman–Crippen MR) is 72.7 cm³/mol. The van der Waals surface area contributed by atoms with Crippen LogP contribution in [0.1, 0.15) is 24.4 Å². The van der Waals surface area contributed by atoms with E-state index in [1.54, 1.807) is 0 Å². The summed E-state index contributed by atoms with van der Waals surface area (Å²) >= 11 is 0. The highest BCUT2D eigenvalue weighted by molar-refractivity contribution is 7.90. The molecule has 0 saturated carbocycles. The maximum atomic E-state index is 12.9. The molecule has 1 aliphatic heterocycles. The summed E-state index contributed by atoms with van der Waals surface area (Å²) in [5.74, 6) is -1.62. The third kappa shape index (κ3) is 4.23. The van der Waals surface area contributed by atoms with Gasteiger partial charge in [0.05, 0.1) is 19.1 Å². The van der Waals surface area contributed by atoms with Gasteiger partial charge >= 0.3 is 5.97 Å². The van der Waals surface area contributed by atoms with Gasteiger partial charge in [-0.15, -0.1) is 0 Å². The normalized spacial score (nSPS) is 20.3. The minimum Gasteiger partial charge on any atom is -0.481 e. The molecule has 1 fully saturated rings. The van der Waals surface area contributed by atoms with Crippen molar-refractivity contribution in [2.45, 2.75) is 24.1 Å². The van der Waals surface area contributed by atoms with Crippen molar-refractivity contribution >= 4 is 16.0 Å². The fourth-order valence-corrected chi connectivity index (χ4v) is 3.64. The monoisotopic (exact) mass is 317 g/mol. The van der Waals surface area contributed by atoms with E-state index < -0.39 is 39.5 Å². The summed E-state index contributed by atoms with van der Waals surface area (Å²) in [6, 6.07) is 4.13. The highest BCUT2D eigenvalue weighted by Gasteiger charge is 2.32. The molecule has 1 saturated heterocycles. The number of ether oxygens (including phenoxy) is 1. The molecule has 2 N–H and O–H groups in total. The second kappa shape index (κ2) is 6.50. The molecule has 0 bridgehead atoms. The van der Waals surface area contributed by atoms with Crippen LogP contribution in [0.4, 0.5) is 4.39 Å². The Morgan fingerprint density at radius 1 is 1.43 bits per heavy atom. The van der Waals surface area contributed by atoms with Crippen LogP contribution in [0, 0.1) is 5.82 Å². The third-order valence-electron chi connectivity index (χ3n) is 3.28. The first-order chi connectivity index (χ1) is 9.88. The van der Waals surface area contributed by atoms with E-state index in [9.17, 15) is 17.6 Å². The number of carboxylic acid groups (broad SMARTS) is 1. The SMILES string of the molecule is O=C(O)CC(NS(=O)(=O)C1CCOC1)c1ccc(F)cc1. The van der Waals surface area contributed by atoms with Gasteiger partial charge < -0.3 is 9.84 Å². The second-order valence-corrected chi connectivity index (χ2v) is 6.84. The molecule has 1 aliphatic rings. The van der Waals surface area contributed by atoms with Gasteiger partial charge in [0.1, 0.15) is 11.1 Å². The van der Waals surface area contributed by atoms with E-state index in [-0.39, 0.29) is 6.61 Å². The third-order valence-corrected chi connectivity index (χ3v) is 5.15. The largest absolute Gasteiger partial charge is 0.481 e. The van der Waals surface area contributed by atoms with Gasteiger partial charge in [-0.25, -0.2) is 17.5 Å². The Morgan fingerprint density at radius 2 is 2.10 bits per heavy atom. The quantitative estimate of drug-likeness (QED) is 0.818. The van der Waals surface area contributed by atoms with E-state index in [0.717, 1.165) is 12.1 Å². The van der Waals surface area contributed by atoms with Crippen molar-refractivity contribution in [3.05, 3.63) is 35.6 Å². The number of aliphatic carboxylic acids is 1. The summed E-state index contributed by atoms with van der Waals surface area (Å²) in [5, 5.41) is 8.24. The Bertz CT molecular complexity index is 595. The lowest BCUT2D eigenvalue weighted by molar-refractivity contribution is -0.137. The fourth-order valence-electron chi connectivity index (χ4n) is 2.15. The fraction of sp³-hybridized carbons (Fsp3) is 0.462. The zero-order valence-corrected chi connectivity index (χ0v) is 12.0. The molecule has 0 spiro atoms. The standard InChI is InChI=1S/C13H16FNO5S/c14-10-3-1-9(2-4-10)12(7-13(16)17)15-21(18,19)11-5-6-20-8-11/h1-4,11-12,15H,5-8H2,(H,16,17). The second-order valence-electron chi connectivity index (χ2n) is 4.85. The number of benzene rings is 1. The van der Waals surface area contributed by atoms with E-state index >= 15 is 0 Å². The van der Waals surface area contributed by atoms with Crippen molar-refractivity contribution < 1.29 is 27.4 Å². The molecule has 8 heteroatoms. The minimum atomic E-state index is -3.70. The lowest BCUT2D eigenvalue weighted by atomic mass is 10.1. The van der Waals surface area contributed by atoms with Crippen molar-refractivity contribution in [1.29, 1.82) is 0 Å². The lowest BCUT2D eigenvalue weighted by Gasteiger charge is -2.20. The highest BCUT2D eigenvalue weighted by Crippen LogP contribution is 2.21. The van der Waals surface area contributed by atoms with Crippen LogP contribution in [0.25, 0.3) is 0 Å². The molecule has 0 amide bonds. The van der Waals surface area contributed by atoms with Gasteiger partial charge in [-0.2, -0.15) is 0 Å². The molecule has 116 valence electrons. The maximum Gasteiger partial charge on any atom is 0.305 e. The van der Waals surface area contributed by atoms with Gasteiger partial charge in [-0.05, 0) is 24.1 Å². The Kier molecular flexibility index (Phi) is 4.92. The summed E-state index contributed by atoms with van der Waals surface area (Å²) < 4.78 is 44.8. The summed E-state index contributed by atoms with van der Waals surface area (Å²) in [7, 11) is -3.70. The van der Waals surface area contributed by atoms with Crippen LogP contribution in [-0.2, 0) is 19.6 Å². The van der Waals surface area contributed by atoms with Gasteiger partial charge in [0.2, 0.25) is 10.0 Å². The molecule has 0 aromatic heterocycles. The number of halogens is 1. The Hall–Kier alpha value is -1.51. The molecule has 6 nitrogen and oxygen atoms in total. The van der Waals surface area contributed by atoms with Crippen LogP contribution in [-0.4, -0.2) is 38.0 Å². The number of hydrogen-bond donors (Lipinski definition) is 2. The van der Waals surface area contributed by atoms with Gasteiger partial charge in [-0.1, -0.05) is 12.1 Å². The Balaban J connectivity index is 2.20. The molecule has 2 atom stereocenters. The maximum absolute atomic E-state index is 12.9. The summed E-state index contributed by atoms with van der Waals surface area (Å²) in [4.78, 5) is 10.9. The van der Waals surface area contributed by atoms with E-state index in [1.807, 2.05) is 0 Å². The van der Waals surface area contributed by atoms with Gasteiger partial charge in [0.15, 0.2) is 0 Å². The van der Waals surface area contributed by atoms with Crippen LogP contribution in [0.15, 0.2) is 24.3 Å². The molecule has 0 radical (unpaired) electrons. The molecule has 1 aromatic rings. The average molecular weight is 317 g/mol. The van der Waals surface area contributed by atoms with Crippen LogP contribution >= 0.6 is 0 Å². The first kappa shape index (κ1) is 15.9. The number of carbonyl (C=O) groups is 1. The van der Waals surface area contributed by atoms with E-state index in [1.165, 1.54) is 12.1 Å². The van der Waals surface area contributed by atoms with E-state index in [4.69, 9.17) is 9.84 Å². The first-order valence-electron chi connectivity index (χ1n) is 6.44. The molecule has 1 heterocycles. The van der Waals surface area contributed by atoms with Gasteiger partial charge in [0.25, 0.3) is 0 Å². The molecule has 2 rings (SSSR count). The number of sulfonamides is 1. The predicted octanol–water partition coefficient (Wildman–Crippen LogP) is 1.05. The van der Waals surface area contributed by atoms with Crippen LogP contribution < -0.4 is 4.72 Å². The van der Waals surface area contributed by atoms with Crippen molar-refractivity contribution in [2.24, 2.45) is 0 Å². The van der Waals surface area contributed by atoms with Crippen LogP contribution in [0.5, 0.6) is 0 Å². The smallest absolute Gasteiger partial charge is 0.305 e. The van der Waals surface area contributed by atoms with Gasteiger partial charge in [0, 0.05) is 6.61 Å². The summed E-state index contributed by atoms with van der Waals surface area (Å²) in [6.45, 7) is 0.463. The van der Waals surface area contributed by atoms with Gasteiger partial charge in [-0.3, -0.25) is 4.79 Å². The number of nitrogens with one attached hydrogen (secondary N) is 1. The van der Waals surface area contributed by atoms with Crippen molar-refractivity contribution in [3.63, 3.8) is 0 Å². The number of carboxylic acids is 1. The number of rotatable bonds is 6.